The van der Waals surface area contributed by atoms with E-state index in [4.69, 9.17) is 4.74 Å². The van der Waals surface area contributed by atoms with Crippen molar-refractivity contribution in [2.45, 2.75) is 32.6 Å². The molecule has 0 bridgehead atoms. The van der Waals surface area contributed by atoms with Crippen LogP contribution in [0, 0.1) is 0 Å². The summed E-state index contributed by atoms with van der Waals surface area (Å²) in [6.07, 6.45) is 4.13. The van der Waals surface area contributed by atoms with Crippen LogP contribution in [0.4, 0.5) is 0 Å². The lowest BCUT2D eigenvalue weighted by molar-refractivity contribution is 0.321. The number of aromatic nitrogens is 1. The van der Waals surface area contributed by atoms with Crippen LogP contribution in [0.15, 0.2) is 41.6 Å². The van der Waals surface area contributed by atoms with E-state index in [2.05, 4.69) is 48.8 Å². The molecule has 1 aliphatic rings. The number of benzene rings is 1. The van der Waals surface area contributed by atoms with Crippen LogP contribution >= 0.6 is 0 Å². The molecule has 2 heteroatoms. The van der Waals surface area contributed by atoms with Crippen molar-refractivity contribution in [1.82, 2.24) is 4.98 Å². The molecule has 0 fully saturated rings. The van der Waals surface area contributed by atoms with Crippen molar-refractivity contribution in [3.63, 3.8) is 0 Å². The molecule has 98 valence electrons. The highest BCUT2D eigenvalue weighted by Crippen LogP contribution is 2.25. The van der Waals surface area contributed by atoms with Crippen LogP contribution in [0.1, 0.15) is 38.3 Å². The molecule has 0 atom stereocenters. The van der Waals surface area contributed by atoms with E-state index in [1.807, 2.05) is 6.07 Å². The van der Waals surface area contributed by atoms with Crippen LogP contribution in [0.2, 0.25) is 0 Å². The molecule has 1 aromatic heterocycles. The number of nitrogens with one attached hydrogen (secondary N) is 1. The summed E-state index contributed by atoms with van der Waals surface area (Å²) in [5.74, 6) is 1.46. The molecular weight excluding hydrogens is 234 g/mol. The molecule has 0 amide bonds. The SMILES string of the molecule is CC(C)c1cc2ccc(OCCC3=C=CC3)cc2[nH]1. The molecule has 0 unspecified atom stereocenters. The van der Waals surface area contributed by atoms with E-state index in [1.165, 1.54) is 16.7 Å². The van der Waals surface area contributed by atoms with Crippen molar-refractivity contribution < 1.29 is 4.74 Å². The number of hydrogen-bond donors (Lipinski definition) is 1. The molecule has 1 N–H and O–H groups in total. The average Bonchev–Trinajstić information content (AvgIpc) is 2.75. The van der Waals surface area contributed by atoms with Gasteiger partial charge in [-0.2, -0.15) is 0 Å². The van der Waals surface area contributed by atoms with Crippen molar-refractivity contribution in [2.24, 2.45) is 0 Å². The second-order valence-corrected chi connectivity index (χ2v) is 5.38. The van der Waals surface area contributed by atoms with Crippen LogP contribution in [-0.2, 0) is 0 Å². The molecule has 19 heavy (non-hydrogen) atoms. The Kier molecular flexibility index (Phi) is 3.18. The topological polar surface area (TPSA) is 25.0 Å². The van der Waals surface area contributed by atoms with Crippen LogP contribution < -0.4 is 4.74 Å². The zero-order valence-electron chi connectivity index (χ0n) is 11.5. The van der Waals surface area contributed by atoms with E-state index in [0.717, 1.165) is 30.7 Å². The summed E-state index contributed by atoms with van der Waals surface area (Å²) in [6.45, 7) is 5.13. The molecule has 1 aliphatic carbocycles. The molecule has 1 aromatic carbocycles. The fraction of sp³-hybridized carbons (Fsp3) is 0.353. The zero-order valence-corrected chi connectivity index (χ0v) is 11.5. The van der Waals surface area contributed by atoms with Gasteiger partial charge in [-0.3, -0.25) is 0 Å². The van der Waals surface area contributed by atoms with Crippen LogP contribution in [0.25, 0.3) is 10.9 Å². The van der Waals surface area contributed by atoms with Gasteiger partial charge in [-0.25, -0.2) is 0 Å². The zero-order chi connectivity index (χ0) is 13.2. The summed E-state index contributed by atoms with van der Waals surface area (Å²) in [5.41, 5.74) is 6.98. The van der Waals surface area contributed by atoms with Gasteiger partial charge in [0, 0.05) is 30.1 Å². The standard InChI is InChI=1S/C17H19NO/c1-12(2)16-10-14-6-7-15(11-17(14)18-16)19-9-8-13-4-3-5-13/h3,6-7,10-12,18H,4,8-9H2,1-2H3. The first kappa shape index (κ1) is 12.1. The molecular formula is C17H19NO. The average molecular weight is 253 g/mol. The van der Waals surface area contributed by atoms with E-state index in [9.17, 15) is 0 Å². The van der Waals surface area contributed by atoms with Gasteiger partial charge in [-0.05, 0) is 41.2 Å². The van der Waals surface area contributed by atoms with Crippen LogP contribution in [0.3, 0.4) is 0 Å². The lowest BCUT2D eigenvalue weighted by atomic mass is 10.0. The third-order valence-corrected chi connectivity index (χ3v) is 3.56. The smallest absolute Gasteiger partial charge is 0.121 e. The number of hydrogen-bond acceptors (Lipinski definition) is 1. The summed E-state index contributed by atoms with van der Waals surface area (Å²) >= 11 is 0. The predicted molar refractivity (Wildman–Crippen MR) is 78.7 cm³/mol. The largest absolute Gasteiger partial charge is 0.493 e. The van der Waals surface area contributed by atoms with Gasteiger partial charge in [-0.15, -0.1) is 5.73 Å². The minimum Gasteiger partial charge on any atom is -0.493 e. The molecule has 2 aromatic rings. The second-order valence-electron chi connectivity index (χ2n) is 5.38. The summed E-state index contributed by atoms with van der Waals surface area (Å²) in [6, 6.07) is 8.47. The number of rotatable bonds is 5. The minimum atomic E-state index is 0.522. The van der Waals surface area contributed by atoms with E-state index >= 15 is 0 Å². The van der Waals surface area contributed by atoms with Gasteiger partial charge in [0.05, 0.1) is 6.61 Å². The molecule has 0 spiro atoms. The summed E-state index contributed by atoms with van der Waals surface area (Å²) in [5, 5.41) is 1.25. The Morgan fingerprint density at radius 1 is 1.32 bits per heavy atom. The van der Waals surface area contributed by atoms with Crippen molar-refractivity contribution in [2.75, 3.05) is 6.61 Å². The van der Waals surface area contributed by atoms with E-state index in [1.54, 1.807) is 0 Å². The molecule has 0 radical (unpaired) electrons. The van der Waals surface area contributed by atoms with Gasteiger partial charge in [0.2, 0.25) is 0 Å². The lowest BCUT2D eigenvalue weighted by Crippen LogP contribution is -2.00. The third-order valence-electron chi connectivity index (χ3n) is 3.56. The quantitative estimate of drug-likeness (QED) is 0.777. The normalized spacial score (nSPS) is 13.7. The van der Waals surface area contributed by atoms with Gasteiger partial charge in [0.1, 0.15) is 5.75 Å². The van der Waals surface area contributed by atoms with Gasteiger partial charge in [-0.1, -0.05) is 13.8 Å². The van der Waals surface area contributed by atoms with Gasteiger partial charge in [0.15, 0.2) is 0 Å². The lowest BCUT2D eigenvalue weighted by Gasteiger charge is -2.09. The Bertz CT molecular complexity index is 657. The Morgan fingerprint density at radius 3 is 2.84 bits per heavy atom. The highest BCUT2D eigenvalue weighted by Gasteiger charge is 2.06. The monoisotopic (exact) mass is 253 g/mol. The molecule has 2 nitrogen and oxygen atoms in total. The highest BCUT2D eigenvalue weighted by molar-refractivity contribution is 5.82. The van der Waals surface area contributed by atoms with Crippen LogP contribution in [-0.4, -0.2) is 11.6 Å². The van der Waals surface area contributed by atoms with Crippen LogP contribution in [0.5, 0.6) is 5.75 Å². The molecule has 0 saturated heterocycles. The third kappa shape index (κ3) is 2.59. The van der Waals surface area contributed by atoms with Gasteiger partial charge < -0.3 is 9.72 Å². The molecule has 1 heterocycles. The maximum Gasteiger partial charge on any atom is 0.121 e. The minimum absolute atomic E-state index is 0.522. The number of aromatic amines is 1. The summed E-state index contributed by atoms with van der Waals surface area (Å²) in [7, 11) is 0. The van der Waals surface area contributed by atoms with Crippen molar-refractivity contribution in [3.05, 3.63) is 47.3 Å². The van der Waals surface area contributed by atoms with E-state index < -0.39 is 0 Å². The Labute approximate surface area is 113 Å². The first-order valence-electron chi connectivity index (χ1n) is 6.91. The van der Waals surface area contributed by atoms with E-state index in [0.29, 0.717) is 5.92 Å². The maximum atomic E-state index is 5.80. The highest BCUT2D eigenvalue weighted by atomic mass is 16.5. The van der Waals surface area contributed by atoms with Gasteiger partial charge >= 0.3 is 0 Å². The molecule has 0 saturated carbocycles. The molecule has 0 aliphatic heterocycles. The second kappa shape index (κ2) is 4.99. The van der Waals surface area contributed by atoms with Crippen molar-refractivity contribution >= 4 is 10.9 Å². The summed E-state index contributed by atoms with van der Waals surface area (Å²) < 4.78 is 5.80. The first-order valence-corrected chi connectivity index (χ1v) is 6.91. The Hall–Kier alpha value is -1.92. The Morgan fingerprint density at radius 2 is 2.16 bits per heavy atom. The number of ether oxygens (including phenoxy) is 1. The van der Waals surface area contributed by atoms with Gasteiger partial charge in [0.25, 0.3) is 0 Å². The van der Waals surface area contributed by atoms with Crippen molar-refractivity contribution in [1.29, 1.82) is 0 Å². The summed E-state index contributed by atoms with van der Waals surface area (Å²) in [4.78, 5) is 3.45. The fourth-order valence-electron chi connectivity index (χ4n) is 2.24. The fourth-order valence-corrected chi connectivity index (χ4v) is 2.24. The first-order chi connectivity index (χ1) is 9.22. The Balaban J connectivity index is 1.71. The van der Waals surface area contributed by atoms with E-state index in [-0.39, 0.29) is 0 Å². The van der Waals surface area contributed by atoms with Crippen molar-refractivity contribution in [3.8, 4) is 5.75 Å². The maximum absolute atomic E-state index is 5.80. The number of fused-ring (bicyclic) bond motifs is 1. The molecule has 3 rings (SSSR count). The predicted octanol–water partition coefficient (Wildman–Crippen LogP) is 4.55. The number of H-pyrrole nitrogens is 1.